The summed E-state index contributed by atoms with van der Waals surface area (Å²) in [5, 5.41) is 1.14. The molecule has 100 valence electrons. The van der Waals surface area contributed by atoms with Gasteiger partial charge in [-0.3, -0.25) is 0 Å². The summed E-state index contributed by atoms with van der Waals surface area (Å²) in [6, 6.07) is 11.2. The Balaban J connectivity index is 2.38. The third kappa shape index (κ3) is 2.91. The highest BCUT2D eigenvalue weighted by Gasteiger charge is 2.23. The first-order chi connectivity index (χ1) is 8.94. The van der Waals surface area contributed by atoms with Crippen LogP contribution in [-0.4, -0.2) is 15.4 Å². The number of hydrogen-bond donors (Lipinski definition) is 0. The molecule has 0 aliphatic carbocycles. The van der Waals surface area contributed by atoms with Crippen molar-refractivity contribution in [2.75, 3.05) is 7.11 Å². The van der Waals surface area contributed by atoms with Crippen molar-refractivity contribution in [1.29, 1.82) is 0 Å². The normalized spacial score (nSPS) is 11.6. The Labute approximate surface area is 113 Å². The maximum atomic E-state index is 13.7. The molecular weight excluding hydrogens is 262 g/mol. The lowest BCUT2D eigenvalue weighted by Gasteiger charge is -2.20. The molecule has 4 heteroatoms. The van der Waals surface area contributed by atoms with Crippen LogP contribution < -0.4 is 5.19 Å². The molecule has 0 spiro atoms. The summed E-state index contributed by atoms with van der Waals surface area (Å²) in [6.45, 7) is 4.20. The van der Waals surface area contributed by atoms with E-state index in [1.165, 1.54) is 12.1 Å². The standard InChI is InChI=1S/C15H16F2OSi/c1-18-19(2,3)13-7-4-11(5-8-13)14-9-6-12(16)10-15(14)17/h4-10H,1-3H3. The van der Waals surface area contributed by atoms with Crippen LogP contribution in [0.15, 0.2) is 42.5 Å². The summed E-state index contributed by atoms with van der Waals surface area (Å²) in [7, 11) is -0.145. The molecule has 0 aromatic heterocycles. The van der Waals surface area contributed by atoms with Crippen molar-refractivity contribution in [2.24, 2.45) is 0 Å². The van der Waals surface area contributed by atoms with Crippen LogP contribution in [0.1, 0.15) is 0 Å². The smallest absolute Gasteiger partial charge is 0.217 e. The highest BCUT2D eigenvalue weighted by atomic mass is 28.4. The van der Waals surface area contributed by atoms with E-state index >= 15 is 0 Å². The van der Waals surface area contributed by atoms with E-state index in [-0.39, 0.29) is 0 Å². The molecule has 0 aliphatic rings. The van der Waals surface area contributed by atoms with Crippen molar-refractivity contribution in [1.82, 2.24) is 0 Å². The average molecular weight is 278 g/mol. The number of benzene rings is 2. The lowest BCUT2D eigenvalue weighted by molar-refractivity contribution is 0.416. The van der Waals surface area contributed by atoms with Crippen molar-refractivity contribution < 1.29 is 13.2 Å². The SMILES string of the molecule is CO[Si](C)(C)c1ccc(-c2ccc(F)cc2F)cc1. The summed E-state index contributed by atoms with van der Waals surface area (Å²) in [5.74, 6) is -1.11. The van der Waals surface area contributed by atoms with Gasteiger partial charge in [0.15, 0.2) is 0 Å². The van der Waals surface area contributed by atoms with Crippen molar-refractivity contribution in [2.45, 2.75) is 13.1 Å². The second-order valence-corrected chi connectivity index (χ2v) is 8.92. The van der Waals surface area contributed by atoms with Crippen LogP contribution in [0.5, 0.6) is 0 Å². The van der Waals surface area contributed by atoms with E-state index in [0.717, 1.165) is 16.8 Å². The fourth-order valence-corrected chi connectivity index (χ4v) is 3.10. The van der Waals surface area contributed by atoms with E-state index in [1.807, 2.05) is 24.3 Å². The van der Waals surface area contributed by atoms with E-state index in [9.17, 15) is 8.78 Å². The summed E-state index contributed by atoms with van der Waals surface area (Å²) in [6.07, 6.45) is 0. The molecule has 0 saturated carbocycles. The van der Waals surface area contributed by atoms with Gasteiger partial charge in [-0.05, 0) is 36.0 Å². The average Bonchev–Trinajstić information content (AvgIpc) is 2.39. The van der Waals surface area contributed by atoms with E-state index in [0.29, 0.717) is 5.56 Å². The second kappa shape index (κ2) is 5.23. The van der Waals surface area contributed by atoms with E-state index in [1.54, 1.807) is 7.11 Å². The zero-order valence-corrected chi connectivity index (χ0v) is 12.2. The van der Waals surface area contributed by atoms with Crippen LogP contribution in [0.3, 0.4) is 0 Å². The lowest BCUT2D eigenvalue weighted by Crippen LogP contribution is -2.43. The molecule has 2 rings (SSSR count). The quantitative estimate of drug-likeness (QED) is 0.778. The second-order valence-electron chi connectivity index (χ2n) is 4.92. The van der Waals surface area contributed by atoms with Crippen molar-refractivity contribution >= 4 is 13.5 Å². The molecule has 0 N–H and O–H groups in total. The van der Waals surface area contributed by atoms with Gasteiger partial charge in [0.2, 0.25) is 8.32 Å². The first kappa shape index (κ1) is 13.9. The molecule has 2 aromatic carbocycles. The van der Waals surface area contributed by atoms with Crippen molar-refractivity contribution in [3.8, 4) is 11.1 Å². The summed E-state index contributed by atoms with van der Waals surface area (Å²) < 4.78 is 32.1. The molecule has 0 amide bonds. The van der Waals surface area contributed by atoms with Gasteiger partial charge >= 0.3 is 0 Å². The first-order valence-corrected chi connectivity index (χ1v) is 8.96. The Morgan fingerprint density at radius 3 is 2.11 bits per heavy atom. The molecular formula is C15H16F2OSi. The van der Waals surface area contributed by atoms with Gasteiger partial charge in [-0.25, -0.2) is 8.78 Å². The molecule has 0 heterocycles. The van der Waals surface area contributed by atoms with Crippen LogP contribution in [0.25, 0.3) is 11.1 Å². The molecule has 0 fully saturated rings. The van der Waals surface area contributed by atoms with E-state index < -0.39 is 20.0 Å². The van der Waals surface area contributed by atoms with Crippen LogP contribution in [0.4, 0.5) is 8.78 Å². The Morgan fingerprint density at radius 2 is 1.58 bits per heavy atom. The van der Waals surface area contributed by atoms with Crippen LogP contribution >= 0.6 is 0 Å². The zero-order valence-electron chi connectivity index (χ0n) is 11.2. The van der Waals surface area contributed by atoms with Crippen molar-refractivity contribution in [3.05, 3.63) is 54.1 Å². The van der Waals surface area contributed by atoms with Crippen LogP contribution in [-0.2, 0) is 4.43 Å². The number of rotatable bonds is 3. The van der Waals surface area contributed by atoms with Gasteiger partial charge < -0.3 is 4.43 Å². The molecule has 0 atom stereocenters. The van der Waals surface area contributed by atoms with Gasteiger partial charge in [-0.1, -0.05) is 24.3 Å². The summed E-state index contributed by atoms with van der Waals surface area (Å²) in [4.78, 5) is 0. The predicted molar refractivity (Wildman–Crippen MR) is 75.9 cm³/mol. The largest absolute Gasteiger partial charge is 0.416 e. The van der Waals surface area contributed by atoms with Gasteiger partial charge in [0, 0.05) is 18.7 Å². The zero-order chi connectivity index (χ0) is 14.0. The molecule has 0 unspecified atom stereocenters. The van der Waals surface area contributed by atoms with Gasteiger partial charge in [-0.15, -0.1) is 0 Å². The third-order valence-electron chi connectivity index (χ3n) is 3.33. The maximum Gasteiger partial charge on any atom is 0.217 e. The molecule has 0 saturated heterocycles. The predicted octanol–water partition coefficient (Wildman–Crippen LogP) is 3.69. The minimum atomic E-state index is -1.85. The van der Waals surface area contributed by atoms with E-state index in [2.05, 4.69) is 13.1 Å². The van der Waals surface area contributed by atoms with Gasteiger partial charge in [0.25, 0.3) is 0 Å². The van der Waals surface area contributed by atoms with E-state index in [4.69, 9.17) is 4.43 Å². The minimum absolute atomic E-state index is 0.407. The monoisotopic (exact) mass is 278 g/mol. The fraction of sp³-hybridized carbons (Fsp3) is 0.200. The third-order valence-corrected chi connectivity index (χ3v) is 6.08. The number of hydrogen-bond acceptors (Lipinski definition) is 1. The van der Waals surface area contributed by atoms with Crippen molar-refractivity contribution in [3.63, 3.8) is 0 Å². The minimum Gasteiger partial charge on any atom is -0.416 e. The van der Waals surface area contributed by atoms with Crippen LogP contribution in [0.2, 0.25) is 13.1 Å². The highest BCUT2D eigenvalue weighted by molar-refractivity contribution is 6.84. The number of halogens is 2. The Morgan fingerprint density at radius 1 is 0.947 bits per heavy atom. The molecule has 0 aliphatic heterocycles. The Kier molecular flexibility index (Phi) is 3.82. The molecule has 1 nitrogen and oxygen atoms in total. The van der Waals surface area contributed by atoms with Gasteiger partial charge in [0.05, 0.1) is 0 Å². The Bertz CT molecular complexity index is 579. The Hall–Kier alpha value is -1.52. The fourth-order valence-electron chi connectivity index (χ4n) is 1.89. The molecule has 19 heavy (non-hydrogen) atoms. The lowest BCUT2D eigenvalue weighted by atomic mass is 10.1. The highest BCUT2D eigenvalue weighted by Crippen LogP contribution is 2.23. The molecule has 0 radical (unpaired) electrons. The molecule has 0 bridgehead atoms. The van der Waals surface area contributed by atoms with Gasteiger partial charge in [0.1, 0.15) is 11.6 Å². The first-order valence-electron chi connectivity index (χ1n) is 6.05. The van der Waals surface area contributed by atoms with Crippen LogP contribution in [0, 0.1) is 11.6 Å². The summed E-state index contributed by atoms with van der Waals surface area (Å²) in [5.41, 5.74) is 1.15. The van der Waals surface area contributed by atoms with Gasteiger partial charge in [-0.2, -0.15) is 0 Å². The summed E-state index contributed by atoms with van der Waals surface area (Å²) >= 11 is 0. The molecule has 2 aromatic rings. The topological polar surface area (TPSA) is 9.23 Å². The maximum absolute atomic E-state index is 13.7.